The van der Waals surface area contributed by atoms with Crippen LogP contribution in [0.15, 0.2) is 4.52 Å². The number of carbonyl (C=O) groups is 1. The predicted molar refractivity (Wildman–Crippen MR) is 83.8 cm³/mol. The van der Waals surface area contributed by atoms with E-state index in [0.717, 1.165) is 32.2 Å². The molecule has 0 bridgehead atoms. The highest BCUT2D eigenvalue weighted by Gasteiger charge is 2.26. The van der Waals surface area contributed by atoms with Gasteiger partial charge in [0.2, 0.25) is 0 Å². The molecule has 23 heavy (non-hydrogen) atoms. The summed E-state index contributed by atoms with van der Waals surface area (Å²) in [6.07, 6.45) is 7.91. The summed E-state index contributed by atoms with van der Waals surface area (Å²) in [7, 11) is 0. The molecule has 0 radical (unpaired) electrons. The number of likely N-dealkylation sites (tertiary alicyclic amines) is 1. The average molecular weight is 322 g/mol. The summed E-state index contributed by atoms with van der Waals surface area (Å²) in [5.41, 5.74) is 0. The number of piperidine rings is 1. The zero-order valence-electron chi connectivity index (χ0n) is 13.8. The second-order valence-corrected chi connectivity index (χ2v) is 6.54. The van der Waals surface area contributed by atoms with Crippen LogP contribution >= 0.6 is 0 Å². The van der Waals surface area contributed by atoms with Crippen LogP contribution in [0.1, 0.15) is 56.7 Å². The third-order valence-corrected chi connectivity index (χ3v) is 4.61. The number of nitrogens with zero attached hydrogens (tertiary/aromatic N) is 3. The van der Waals surface area contributed by atoms with Gasteiger partial charge in [0.25, 0.3) is 5.89 Å². The van der Waals surface area contributed by atoms with E-state index < -0.39 is 0 Å². The van der Waals surface area contributed by atoms with Gasteiger partial charge in [0.1, 0.15) is 6.61 Å². The highest BCUT2D eigenvalue weighted by atomic mass is 16.5. The summed E-state index contributed by atoms with van der Waals surface area (Å²) in [6, 6.07) is 0.401. The van der Waals surface area contributed by atoms with E-state index in [0.29, 0.717) is 30.9 Å². The fraction of sp³-hybridized carbons (Fsp3) is 0.812. The van der Waals surface area contributed by atoms with Gasteiger partial charge >= 0.3 is 6.03 Å². The lowest BCUT2D eigenvalue weighted by Gasteiger charge is -2.34. The number of hydrogen-bond acceptors (Lipinski definition) is 5. The number of nitrogens with one attached hydrogen (secondary N) is 1. The zero-order valence-corrected chi connectivity index (χ0v) is 13.8. The first kappa shape index (κ1) is 16.2. The highest BCUT2D eigenvalue weighted by molar-refractivity contribution is 5.74. The van der Waals surface area contributed by atoms with Crippen LogP contribution in [0.2, 0.25) is 0 Å². The molecule has 1 aliphatic heterocycles. The second kappa shape index (κ2) is 7.77. The minimum absolute atomic E-state index is 0.0352. The first-order chi connectivity index (χ1) is 11.2. The van der Waals surface area contributed by atoms with Gasteiger partial charge < -0.3 is 19.5 Å². The van der Waals surface area contributed by atoms with Crippen LogP contribution in [0.25, 0.3) is 0 Å². The van der Waals surface area contributed by atoms with E-state index in [2.05, 4.69) is 15.5 Å². The molecule has 7 nitrogen and oxygen atoms in total. The maximum Gasteiger partial charge on any atom is 0.317 e. The lowest BCUT2D eigenvalue weighted by molar-refractivity contribution is -0.0106. The Balaban J connectivity index is 1.44. The number of urea groups is 1. The molecule has 1 saturated heterocycles. The normalized spacial score (nSPS) is 23.0. The van der Waals surface area contributed by atoms with Gasteiger partial charge in [-0.05, 0) is 32.6 Å². The fourth-order valence-electron chi connectivity index (χ4n) is 3.36. The third-order valence-electron chi connectivity index (χ3n) is 4.61. The van der Waals surface area contributed by atoms with Crippen LogP contribution in [0.5, 0.6) is 0 Å². The summed E-state index contributed by atoms with van der Waals surface area (Å²) in [4.78, 5) is 18.4. The van der Waals surface area contributed by atoms with Gasteiger partial charge in [-0.25, -0.2) is 4.79 Å². The molecule has 1 atom stereocenters. The summed E-state index contributed by atoms with van der Waals surface area (Å²) < 4.78 is 10.9. The number of aromatic nitrogens is 2. The van der Waals surface area contributed by atoms with Crippen LogP contribution < -0.4 is 5.32 Å². The summed E-state index contributed by atoms with van der Waals surface area (Å²) in [5.74, 6) is 1.10. The number of ether oxygens (including phenoxy) is 1. The largest absolute Gasteiger partial charge is 0.367 e. The van der Waals surface area contributed by atoms with Crippen molar-refractivity contribution in [1.29, 1.82) is 0 Å². The molecule has 2 fully saturated rings. The molecule has 1 aromatic rings. The number of hydrogen-bond donors (Lipinski definition) is 1. The van der Waals surface area contributed by atoms with E-state index in [1.54, 1.807) is 6.92 Å². The molecule has 2 heterocycles. The van der Waals surface area contributed by atoms with Crippen LogP contribution in [-0.2, 0) is 11.3 Å². The SMILES string of the molecule is Cc1noc(COC2CCCN(C(=O)NC3CCCCC3)C2)n1. The van der Waals surface area contributed by atoms with Crippen molar-refractivity contribution in [2.75, 3.05) is 13.1 Å². The Morgan fingerprint density at radius 3 is 2.87 bits per heavy atom. The van der Waals surface area contributed by atoms with Crippen LogP contribution in [0.4, 0.5) is 4.79 Å². The van der Waals surface area contributed by atoms with Gasteiger partial charge in [-0.3, -0.25) is 0 Å². The van der Waals surface area contributed by atoms with Gasteiger partial charge in [0, 0.05) is 19.1 Å². The van der Waals surface area contributed by atoms with Gasteiger partial charge in [0.15, 0.2) is 5.82 Å². The van der Waals surface area contributed by atoms with E-state index >= 15 is 0 Å². The van der Waals surface area contributed by atoms with Gasteiger partial charge in [0.05, 0.1) is 6.10 Å². The van der Waals surface area contributed by atoms with E-state index in [-0.39, 0.29) is 12.1 Å². The predicted octanol–water partition coefficient (Wildman–Crippen LogP) is 2.40. The van der Waals surface area contributed by atoms with Crippen molar-refractivity contribution in [3.05, 3.63) is 11.7 Å². The van der Waals surface area contributed by atoms with Gasteiger partial charge in [-0.1, -0.05) is 24.4 Å². The second-order valence-electron chi connectivity index (χ2n) is 6.54. The van der Waals surface area contributed by atoms with Crippen molar-refractivity contribution in [2.24, 2.45) is 0 Å². The van der Waals surface area contributed by atoms with Crippen LogP contribution in [-0.4, -0.2) is 46.3 Å². The maximum atomic E-state index is 12.4. The molecule has 7 heteroatoms. The molecule has 2 aliphatic rings. The minimum atomic E-state index is 0.0352. The van der Waals surface area contributed by atoms with E-state index in [1.165, 1.54) is 19.3 Å². The van der Waals surface area contributed by atoms with Crippen molar-refractivity contribution in [3.8, 4) is 0 Å². The molecule has 1 aliphatic carbocycles. The Kier molecular flexibility index (Phi) is 5.48. The number of rotatable bonds is 4. The van der Waals surface area contributed by atoms with Crippen molar-refractivity contribution in [1.82, 2.24) is 20.4 Å². The minimum Gasteiger partial charge on any atom is -0.367 e. The standard InChI is InChI=1S/C16H26N4O3/c1-12-17-15(23-19-12)11-22-14-8-5-9-20(10-14)16(21)18-13-6-3-2-4-7-13/h13-14H,2-11H2,1H3,(H,18,21). The van der Waals surface area contributed by atoms with Crippen molar-refractivity contribution >= 4 is 6.03 Å². The summed E-state index contributed by atoms with van der Waals surface area (Å²) >= 11 is 0. The van der Waals surface area contributed by atoms with E-state index in [9.17, 15) is 4.79 Å². The lowest BCUT2D eigenvalue weighted by atomic mass is 9.96. The number of aryl methyl sites for hydroxylation is 1. The van der Waals surface area contributed by atoms with E-state index in [4.69, 9.17) is 9.26 Å². The Morgan fingerprint density at radius 1 is 1.30 bits per heavy atom. The molecule has 3 rings (SSSR count). The fourth-order valence-corrected chi connectivity index (χ4v) is 3.36. The van der Waals surface area contributed by atoms with Crippen molar-refractivity contribution < 1.29 is 14.1 Å². The Bertz CT molecular complexity index is 513. The quantitative estimate of drug-likeness (QED) is 0.920. The summed E-state index contributed by atoms with van der Waals surface area (Å²) in [5, 5.41) is 6.92. The Morgan fingerprint density at radius 2 is 2.13 bits per heavy atom. The lowest BCUT2D eigenvalue weighted by Crippen LogP contribution is -2.50. The first-order valence-electron chi connectivity index (χ1n) is 8.67. The Hall–Kier alpha value is -1.63. The van der Waals surface area contributed by atoms with Gasteiger partial charge in [-0.2, -0.15) is 4.98 Å². The number of carbonyl (C=O) groups excluding carboxylic acids is 1. The average Bonchev–Trinajstić information content (AvgIpc) is 3.00. The first-order valence-corrected chi connectivity index (χ1v) is 8.67. The number of amides is 2. The summed E-state index contributed by atoms with van der Waals surface area (Å²) in [6.45, 7) is 3.53. The molecule has 0 aromatic carbocycles. The molecule has 2 amide bonds. The van der Waals surface area contributed by atoms with Gasteiger partial charge in [-0.15, -0.1) is 0 Å². The smallest absolute Gasteiger partial charge is 0.317 e. The maximum absolute atomic E-state index is 12.4. The van der Waals surface area contributed by atoms with Crippen LogP contribution in [0.3, 0.4) is 0 Å². The van der Waals surface area contributed by atoms with Crippen molar-refractivity contribution in [2.45, 2.75) is 70.6 Å². The molecular formula is C16H26N4O3. The topological polar surface area (TPSA) is 80.5 Å². The molecule has 1 saturated carbocycles. The molecule has 1 N–H and O–H groups in total. The van der Waals surface area contributed by atoms with Crippen molar-refractivity contribution in [3.63, 3.8) is 0 Å². The monoisotopic (exact) mass is 322 g/mol. The molecule has 1 unspecified atom stereocenters. The molecule has 1 aromatic heterocycles. The third kappa shape index (κ3) is 4.67. The molecule has 0 spiro atoms. The Labute approximate surface area is 136 Å². The molecular weight excluding hydrogens is 296 g/mol. The molecule has 128 valence electrons. The van der Waals surface area contributed by atoms with Crippen LogP contribution in [0, 0.1) is 6.92 Å². The highest BCUT2D eigenvalue weighted by Crippen LogP contribution is 2.19. The van der Waals surface area contributed by atoms with E-state index in [1.807, 2.05) is 4.90 Å². The zero-order chi connectivity index (χ0) is 16.1.